The van der Waals surface area contributed by atoms with Crippen LogP contribution in [0.1, 0.15) is 47.6 Å². The zero-order valence-corrected chi connectivity index (χ0v) is 12.2. The third kappa shape index (κ3) is 2.79. The Balaban J connectivity index is 2.11. The Labute approximate surface area is 113 Å². The van der Waals surface area contributed by atoms with Crippen LogP contribution in [0.4, 0.5) is 0 Å². The van der Waals surface area contributed by atoms with E-state index in [0.717, 1.165) is 5.69 Å². The molecule has 2 atom stereocenters. The van der Waals surface area contributed by atoms with E-state index in [0.29, 0.717) is 12.1 Å². The number of benzene rings is 1. The molecule has 0 radical (unpaired) electrons. The van der Waals surface area contributed by atoms with Gasteiger partial charge in [-0.2, -0.15) is 0 Å². The molecule has 0 amide bonds. The summed E-state index contributed by atoms with van der Waals surface area (Å²) < 4.78 is 0. The van der Waals surface area contributed by atoms with Gasteiger partial charge in [-0.25, -0.2) is 4.98 Å². The van der Waals surface area contributed by atoms with Gasteiger partial charge in [-0.15, -0.1) is 11.3 Å². The summed E-state index contributed by atoms with van der Waals surface area (Å²) in [5, 5.41) is 3.65. The van der Waals surface area contributed by atoms with E-state index in [-0.39, 0.29) is 0 Å². The molecule has 0 aliphatic heterocycles. The first-order chi connectivity index (χ1) is 8.59. The molecule has 18 heavy (non-hydrogen) atoms. The number of aromatic nitrogens is 1. The summed E-state index contributed by atoms with van der Waals surface area (Å²) >= 11 is 1.73. The molecule has 2 nitrogen and oxygen atoms in total. The van der Waals surface area contributed by atoms with Gasteiger partial charge < -0.3 is 5.32 Å². The lowest BCUT2D eigenvalue weighted by molar-refractivity contribution is 0.496. The smallest absolute Gasteiger partial charge is 0.0798 e. The second-order valence-electron chi connectivity index (χ2n) is 4.77. The van der Waals surface area contributed by atoms with Crippen LogP contribution in [0.5, 0.6) is 0 Å². The second kappa shape index (κ2) is 5.63. The molecule has 1 heterocycles. The van der Waals surface area contributed by atoms with Gasteiger partial charge in [-0.1, -0.05) is 24.3 Å². The molecule has 1 aromatic carbocycles. The lowest BCUT2D eigenvalue weighted by atomic mass is 10.0. The van der Waals surface area contributed by atoms with E-state index in [1.165, 1.54) is 16.0 Å². The first-order valence-electron chi connectivity index (χ1n) is 6.31. The van der Waals surface area contributed by atoms with Crippen LogP contribution in [0.3, 0.4) is 0 Å². The zero-order valence-electron chi connectivity index (χ0n) is 11.4. The molecule has 0 saturated heterocycles. The third-order valence-corrected chi connectivity index (χ3v) is 4.44. The normalized spacial score (nSPS) is 14.4. The monoisotopic (exact) mass is 260 g/mol. The van der Waals surface area contributed by atoms with Crippen LogP contribution >= 0.6 is 11.3 Å². The van der Waals surface area contributed by atoms with Gasteiger partial charge in [0.15, 0.2) is 0 Å². The maximum atomic E-state index is 4.31. The van der Waals surface area contributed by atoms with Gasteiger partial charge in [0.1, 0.15) is 0 Å². The highest BCUT2D eigenvalue weighted by Crippen LogP contribution is 2.25. The molecule has 1 unspecified atom stereocenters. The van der Waals surface area contributed by atoms with Crippen LogP contribution in [0.2, 0.25) is 0 Å². The Morgan fingerprint density at radius 3 is 2.44 bits per heavy atom. The molecule has 2 aromatic rings. The Kier molecular flexibility index (Phi) is 4.15. The molecule has 0 spiro atoms. The van der Waals surface area contributed by atoms with Gasteiger partial charge in [0.2, 0.25) is 0 Å². The number of hydrogen-bond donors (Lipinski definition) is 1. The van der Waals surface area contributed by atoms with Crippen molar-refractivity contribution in [3.05, 3.63) is 51.5 Å². The third-order valence-electron chi connectivity index (χ3n) is 3.33. The van der Waals surface area contributed by atoms with Crippen molar-refractivity contribution >= 4 is 11.3 Å². The van der Waals surface area contributed by atoms with Gasteiger partial charge in [-0.3, -0.25) is 0 Å². The van der Waals surface area contributed by atoms with Crippen LogP contribution < -0.4 is 5.32 Å². The van der Waals surface area contributed by atoms with Crippen LogP contribution in [-0.2, 0) is 0 Å². The Bertz CT molecular complexity index is 519. The topological polar surface area (TPSA) is 24.9 Å². The summed E-state index contributed by atoms with van der Waals surface area (Å²) in [6, 6.07) is 9.23. The molecule has 0 bridgehead atoms. The molecule has 96 valence electrons. The number of rotatable bonds is 4. The van der Waals surface area contributed by atoms with Crippen LogP contribution in [0.15, 0.2) is 29.8 Å². The van der Waals surface area contributed by atoms with Crippen molar-refractivity contribution in [2.75, 3.05) is 0 Å². The maximum absolute atomic E-state index is 4.31. The number of aryl methyl sites for hydroxylation is 2. The lowest BCUT2D eigenvalue weighted by Crippen LogP contribution is -2.22. The lowest BCUT2D eigenvalue weighted by Gasteiger charge is -2.21. The number of nitrogens with zero attached hydrogens (tertiary/aromatic N) is 1. The van der Waals surface area contributed by atoms with Gasteiger partial charge in [0.05, 0.1) is 11.2 Å². The summed E-state index contributed by atoms with van der Waals surface area (Å²) in [7, 11) is 0. The minimum Gasteiger partial charge on any atom is -0.303 e. The minimum atomic E-state index is 0.340. The highest BCUT2D eigenvalue weighted by Gasteiger charge is 2.15. The van der Waals surface area contributed by atoms with Crippen molar-refractivity contribution in [1.29, 1.82) is 0 Å². The summed E-state index contributed by atoms with van der Waals surface area (Å²) in [4.78, 5) is 5.64. The summed E-state index contributed by atoms with van der Waals surface area (Å²) in [6.45, 7) is 8.66. The fraction of sp³-hybridized carbons (Fsp3) is 0.400. The largest absolute Gasteiger partial charge is 0.303 e. The first-order valence-corrected chi connectivity index (χ1v) is 7.19. The summed E-state index contributed by atoms with van der Waals surface area (Å²) in [5.74, 6) is 0. The summed E-state index contributed by atoms with van der Waals surface area (Å²) in [5.41, 5.74) is 5.76. The van der Waals surface area contributed by atoms with Gasteiger partial charge in [-0.05, 0) is 38.8 Å². The standard InChI is InChI=1S/C15H20N2S/c1-10-7-5-6-8-14(10)11(2)17-13(4)15-12(3)16-9-18-15/h5-9,11,13,17H,1-4H3/t11-,13?/m0/s1. The molecular weight excluding hydrogens is 240 g/mol. The average molecular weight is 260 g/mol. The van der Waals surface area contributed by atoms with Crippen molar-refractivity contribution in [3.63, 3.8) is 0 Å². The predicted octanol–water partition coefficient (Wildman–Crippen LogP) is 4.17. The van der Waals surface area contributed by atoms with E-state index < -0.39 is 0 Å². The zero-order chi connectivity index (χ0) is 13.1. The maximum Gasteiger partial charge on any atom is 0.0798 e. The molecular formula is C15H20N2S. The van der Waals surface area contributed by atoms with Crippen molar-refractivity contribution in [2.45, 2.75) is 39.8 Å². The Morgan fingerprint density at radius 2 is 1.83 bits per heavy atom. The molecule has 1 aromatic heterocycles. The molecule has 0 fully saturated rings. The van der Waals surface area contributed by atoms with Gasteiger partial charge in [0, 0.05) is 17.0 Å². The number of hydrogen-bond acceptors (Lipinski definition) is 3. The molecule has 0 aliphatic carbocycles. The minimum absolute atomic E-state index is 0.340. The van der Waals surface area contributed by atoms with Crippen molar-refractivity contribution in [3.8, 4) is 0 Å². The predicted molar refractivity (Wildman–Crippen MR) is 78.0 cm³/mol. The van der Waals surface area contributed by atoms with Crippen LogP contribution in [0, 0.1) is 13.8 Å². The van der Waals surface area contributed by atoms with Gasteiger partial charge >= 0.3 is 0 Å². The molecule has 0 aliphatic rings. The number of nitrogens with one attached hydrogen (secondary N) is 1. The van der Waals surface area contributed by atoms with Crippen molar-refractivity contribution in [2.24, 2.45) is 0 Å². The Morgan fingerprint density at radius 1 is 1.11 bits per heavy atom. The average Bonchev–Trinajstić information content (AvgIpc) is 2.76. The van der Waals surface area contributed by atoms with E-state index in [9.17, 15) is 0 Å². The van der Waals surface area contributed by atoms with E-state index >= 15 is 0 Å². The quantitative estimate of drug-likeness (QED) is 0.892. The van der Waals surface area contributed by atoms with Crippen molar-refractivity contribution in [1.82, 2.24) is 10.3 Å². The highest BCUT2D eigenvalue weighted by molar-refractivity contribution is 7.09. The van der Waals surface area contributed by atoms with Crippen molar-refractivity contribution < 1.29 is 0 Å². The van der Waals surface area contributed by atoms with Crippen LogP contribution in [-0.4, -0.2) is 4.98 Å². The number of thiazole rings is 1. The van der Waals surface area contributed by atoms with E-state index in [2.05, 4.69) is 62.3 Å². The fourth-order valence-corrected chi connectivity index (χ4v) is 3.16. The summed E-state index contributed by atoms with van der Waals surface area (Å²) in [6.07, 6.45) is 0. The SMILES string of the molecule is Cc1ccccc1[C@H](C)NC(C)c1scnc1C. The first kappa shape index (κ1) is 13.2. The van der Waals surface area contributed by atoms with Crippen LogP contribution in [0.25, 0.3) is 0 Å². The molecule has 1 N–H and O–H groups in total. The highest BCUT2D eigenvalue weighted by atomic mass is 32.1. The second-order valence-corrected chi connectivity index (χ2v) is 5.65. The molecule has 0 saturated carbocycles. The van der Waals surface area contributed by atoms with E-state index in [1.807, 2.05) is 5.51 Å². The van der Waals surface area contributed by atoms with E-state index in [4.69, 9.17) is 0 Å². The molecule has 2 rings (SSSR count). The fourth-order valence-electron chi connectivity index (χ4n) is 2.34. The van der Waals surface area contributed by atoms with E-state index in [1.54, 1.807) is 11.3 Å². The van der Waals surface area contributed by atoms with Gasteiger partial charge in [0.25, 0.3) is 0 Å². The Hall–Kier alpha value is -1.19. The molecule has 3 heteroatoms.